The Bertz CT molecular complexity index is 881. The molecular formula is C18H18N4O4. The average Bonchev–Trinajstić information content (AvgIpc) is 3.20. The van der Waals surface area contributed by atoms with Gasteiger partial charge in [-0.2, -0.15) is 0 Å². The predicted molar refractivity (Wildman–Crippen MR) is 94.7 cm³/mol. The summed E-state index contributed by atoms with van der Waals surface area (Å²) in [5.74, 6) is 2.03. The normalized spacial score (nSPS) is 10.2. The van der Waals surface area contributed by atoms with Crippen LogP contribution in [0.5, 0.6) is 11.5 Å². The van der Waals surface area contributed by atoms with E-state index in [4.69, 9.17) is 13.9 Å². The standard InChI is InChI=1S/C18H18N4O4/c1-24-15-6-5-12(8-16(15)25-2)22-17-9-14(20-11-21-17)18(23)19-10-13-4-3-7-26-13/h3-9,11H,10H2,1-2H3,(H,19,23)(H,20,21,22). The van der Waals surface area contributed by atoms with Gasteiger partial charge in [-0.3, -0.25) is 4.79 Å². The van der Waals surface area contributed by atoms with Crippen molar-refractivity contribution in [1.82, 2.24) is 15.3 Å². The highest BCUT2D eigenvalue weighted by atomic mass is 16.5. The molecule has 134 valence electrons. The van der Waals surface area contributed by atoms with E-state index in [1.54, 1.807) is 50.8 Å². The van der Waals surface area contributed by atoms with Crippen LogP contribution in [0.1, 0.15) is 16.2 Å². The molecule has 1 amide bonds. The lowest BCUT2D eigenvalue weighted by Gasteiger charge is -2.11. The third kappa shape index (κ3) is 4.10. The van der Waals surface area contributed by atoms with Gasteiger partial charge < -0.3 is 24.5 Å². The molecule has 0 radical (unpaired) electrons. The first kappa shape index (κ1) is 17.3. The van der Waals surface area contributed by atoms with Gasteiger partial charge in [-0.1, -0.05) is 0 Å². The van der Waals surface area contributed by atoms with Crippen LogP contribution in [0.4, 0.5) is 11.5 Å². The molecule has 8 nitrogen and oxygen atoms in total. The van der Waals surface area contributed by atoms with E-state index in [0.29, 0.717) is 23.1 Å². The van der Waals surface area contributed by atoms with Gasteiger partial charge in [0.05, 0.1) is 27.0 Å². The Morgan fingerprint density at radius 3 is 2.69 bits per heavy atom. The summed E-state index contributed by atoms with van der Waals surface area (Å²) in [7, 11) is 3.14. The molecule has 2 N–H and O–H groups in total. The molecule has 0 saturated heterocycles. The minimum Gasteiger partial charge on any atom is -0.493 e. The van der Waals surface area contributed by atoms with Gasteiger partial charge in [0, 0.05) is 17.8 Å². The van der Waals surface area contributed by atoms with Crippen LogP contribution in [-0.2, 0) is 6.54 Å². The molecule has 3 aromatic rings. The lowest BCUT2D eigenvalue weighted by atomic mass is 10.2. The van der Waals surface area contributed by atoms with E-state index in [0.717, 1.165) is 5.69 Å². The zero-order chi connectivity index (χ0) is 18.4. The van der Waals surface area contributed by atoms with E-state index in [1.165, 1.54) is 6.33 Å². The van der Waals surface area contributed by atoms with Gasteiger partial charge in [-0.15, -0.1) is 0 Å². The summed E-state index contributed by atoms with van der Waals surface area (Å²) in [5, 5.41) is 5.85. The summed E-state index contributed by atoms with van der Waals surface area (Å²) in [6.45, 7) is 0.286. The first-order valence-corrected chi connectivity index (χ1v) is 7.81. The molecular weight excluding hydrogens is 336 g/mol. The Morgan fingerprint density at radius 1 is 1.12 bits per heavy atom. The number of benzene rings is 1. The maximum Gasteiger partial charge on any atom is 0.270 e. The Kier molecular flexibility index (Phi) is 5.33. The summed E-state index contributed by atoms with van der Waals surface area (Å²) in [4.78, 5) is 20.4. The lowest BCUT2D eigenvalue weighted by Crippen LogP contribution is -2.23. The molecule has 0 unspecified atom stereocenters. The van der Waals surface area contributed by atoms with Gasteiger partial charge in [0.15, 0.2) is 11.5 Å². The highest BCUT2D eigenvalue weighted by molar-refractivity contribution is 5.92. The van der Waals surface area contributed by atoms with E-state index in [2.05, 4.69) is 20.6 Å². The van der Waals surface area contributed by atoms with Gasteiger partial charge in [0.1, 0.15) is 23.6 Å². The number of carbonyl (C=O) groups excluding carboxylic acids is 1. The highest BCUT2D eigenvalue weighted by Gasteiger charge is 2.10. The van der Waals surface area contributed by atoms with E-state index >= 15 is 0 Å². The number of anilines is 2. The third-order valence-corrected chi connectivity index (χ3v) is 3.56. The van der Waals surface area contributed by atoms with Gasteiger partial charge in [0.25, 0.3) is 5.91 Å². The van der Waals surface area contributed by atoms with E-state index < -0.39 is 0 Å². The Balaban J connectivity index is 1.70. The van der Waals surface area contributed by atoms with Crippen molar-refractivity contribution in [2.75, 3.05) is 19.5 Å². The lowest BCUT2D eigenvalue weighted by molar-refractivity contribution is 0.0943. The fourth-order valence-electron chi connectivity index (χ4n) is 2.28. The number of amides is 1. The number of ether oxygens (including phenoxy) is 2. The zero-order valence-electron chi connectivity index (χ0n) is 14.4. The molecule has 0 spiro atoms. The first-order chi connectivity index (χ1) is 12.7. The predicted octanol–water partition coefficient (Wildman–Crippen LogP) is 2.76. The monoisotopic (exact) mass is 354 g/mol. The maximum absolute atomic E-state index is 12.2. The zero-order valence-corrected chi connectivity index (χ0v) is 14.4. The topological polar surface area (TPSA) is 98.5 Å². The largest absolute Gasteiger partial charge is 0.493 e. The minimum atomic E-state index is -0.320. The summed E-state index contributed by atoms with van der Waals surface area (Å²) >= 11 is 0. The first-order valence-electron chi connectivity index (χ1n) is 7.81. The molecule has 2 heterocycles. The summed E-state index contributed by atoms with van der Waals surface area (Å²) in [6, 6.07) is 10.5. The Morgan fingerprint density at radius 2 is 1.96 bits per heavy atom. The quantitative estimate of drug-likeness (QED) is 0.673. The van der Waals surface area contributed by atoms with Crippen molar-refractivity contribution in [2.24, 2.45) is 0 Å². The maximum atomic E-state index is 12.2. The van der Waals surface area contributed by atoms with E-state index in [9.17, 15) is 4.79 Å². The number of furan rings is 1. The molecule has 2 aromatic heterocycles. The van der Waals surface area contributed by atoms with Crippen molar-refractivity contribution >= 4 is 17.4 Å². The molecule has 26 heavy (non-hydrogen) atoms. The van der Waals surface area contributed by atoms with Crippen LogP contribution >= 0.6 is 0 Å². The van der Waals surface area contributed by atoms with Crippen LogP contribution in [0.2, 0.25) is 0 Å². The number of carbonyl (C=O) groups is 1. The van der Waals surface area contributed by atoms with Crippen LogP contribution in [0.15, 0.2) is 53.4 Å². The molecule has 0 aliphatic rings. The minimum absolute atomic E-state index is 0.245. The van der Waals surface area contributed by atoms with Gasteiger partial charge >= 0.3 is 0 Å². The number of nitrogens with zero attached hydrogens (tertiary/aromatic N) is 2. The fraction of sp³-hybridized carbons (Fsp3) is 0.167. The SMILES string of the molecule is COc1ccc(Nc2cc(C(=O)NCc3ccco3)ncn2)cc1OC. The smallest absolute Gasteiger partial charge is 0.270 e. The van der Waals surface area contributed by atoms with Crippen LogP contribution in [0, 0.1) is 0 Å². The summed E-state index contributed by atoms with van der Waals surface area (Å²) in [6.07, 6.45) is 2.88. The van der Waals surface area contributed by atoms with Crippen molar-refractivity contribution < 1.29 is 18.7 Å². The number of rotatable bonds is 7. The number of nitrogens with one attached hydrogen (secondary N) is 2. The second kappa shape index (κ2) is 8.02. The third-order valence-electron chi connectivity index (χ3n) is 3.56. The van der Waals surface area contributed by atoms with Crippen LogP contribution < -0.4 is 20.1 Å². The van der Waals surface area contributed by atoms with E-state index in [1.807, 2.05) is 6.07 Å². The molecule has 0 atom stereocenters. The summed E-state index contributed by atoms with van der Waals surface area (Å²) < 4.78 is 15.7. The molecule has 0 saturated carbocycles. The average molecular weight is 354 g/mol. The van der Waals surface area contributed by atoms with Crippen molar-refractivity contribution in [1.29, 1.82) is 0 Å². The molecule has 3 rings (SSSR count). The Hall–Kier alpha value is -3.55. The number of methoxy groups -OCH3 is 2. The second-order valence-electron chi connectivity index (χ2n) is 5.25. The molecule has 0 bridgehead atoms. The van der Waals surface area contributed by atoms with Gasteiger partial charge in [-0.05, 0) is 24.3 Å². The molecule has 1 aromatic carbocycles. The van der Waals surface area contributed by atoms with Crippen LogP contribution in [0.25, 0.3) is 0 Å². The van der Waals surface area contributed by atoms with Gasteiger partial charge in [0.2, 0.25) is 0 Å². The number of hydrogen-bond acceptors (Lipinski definition) is 7. The Labute approximate surface area is 150 Å². The van der Waals surface area contributed by atoms with Crippen molar-refractivity contribution in [3.05, 3.63) is 60.4 Å². The highest BCUT2D eigenvalue weighted by Crippen LogP contribution is 2.30. The van der Waals surface area contributed by atoms with Crippen molar-refractivity contribution in [2.45, 2.75) is 6.54 Å². The van der Waals surface area contributed by atoms with Crippen molar-refractivity contribution in [3.63, 3.8) is 0 Å². The number of aromatic nitrogens is 2. The van der Waals surface area contributed by atoms with E-state index in [-0.39, 0.29) is 18.1 Å². The molecule has 8 heteroatoms. The van der Waals surface area contributed by atoms with Crippen LogP contribution in [0.3, 0.4) is 0 Å². The van der Waals surface area contributed by atoms with Crippen LogP contribution in [-0.4, -0.2) is 30.1 Å². The second-order valence-corrected chi connectivity index (χ2v) is 5.25. The number of hydrogen-bond donors (Lipinski definition) is 2. The fourth-order valence-corrected chi connectivity index (χ4v) is 2.28. The molecule has 0 aliphatic heterocycles. The summed E-state index contributed by atoms with van der Waals surface area (Å²) in [5.41, 5.74) is 0.984. The molecule has 0 fully saturated rings. The molecule has 0 aliphatic carbocycles. The van der Waals surface area contributed by atoms with Gasteiger partial charge in [-0.25, -0.2) is 9.97 Å². The van der Waals surface area contributed by atoms with Crippen molar-refractivity contribution in [3.8, 4) is 11.5 Å².